The van der Waals surface area contributed by atoms with Crippen molar-refractivity contribution in [2.75, 3.05) is 19.6 Å². The lowest BCUT2D eigenvalue weighted by atomic mass is 9.96. The van der Waals surface area contributed by atoms with Gasteiger partial charge in [0.2, 0.25) is 11.8 Å². The van der Waals surface area contributed by atoms with E-state index in [0.29, 0.717) is 24.8 Å². The minimum atomic E-state index is -0.117. The van der Waals surface area contributed by atoms with Crippen LogP contribution >= 0.6 is 0 Å². The van der Waals surface area contributed by atoms with Crippen LogP contribution < -0.4 is 5.73 Å². The number of hydrogen-bond acceptors (Lipinski definition) is 5. The van der Waals surface area contributed by atoms with E-state index in [1.807, 2.05) is 11.8 Å². The van der Waals surface area contributed by atoms with Gasteiger partial charge in [0.05, 0.1) is 5.92 Å². The third-order valence-corrected chi connectivity index (χ3v) is 3.40. The Bertz CT molecular complexity index is 418. The topological polar surface area (TPSA) is 85.2 Å². The third-order valence-electron chi connectivity index (χ3n) is 3.40. The molecule has 1 saturated heterocycles. The first-order chi connectivity index (χ1) is 8.61. The molecule has 2 rings (SSSR count). The first-order valence-electron chi connectivity index (χ1n) is 6.41. The second-order valence-electron chi connectivity index (χ2n) is 4.94. The monoisotopic (exact) mass is 252 g/mol. The Kier molecular flexibility index (Phi) is 3.96. The summed E-state index contributed by atoms with van der Waals surface area (Å²) in [6.45, 7) is 5.51. The van der Waals surface area contributed by atoms with Crippen LogP contribution in [0.15, 0.2) is 4.52 Å². The predicted octanol–water partition coefficient (Wildman–Crippen LogP) is 0.679. The summed E-state index contributed by atoms with van der Waals surface area (Å²) >= 11 is 0. The highest BCUT2D eigenvalue weighted by atomic mass is 16.5. The van der Waals surface area contributed by atoms with Crippen LogP contribution in [0.25, 0.3) is 0 Å². The molecule has 18 heavy (non-hydrogen) atoms. The average molecular weight is 252 g/mol. The summed E-state index contributed by atoms with van der Waals surface area (Å²) in [6.07, 6.45) is 1.96. The van der Waals surface area contributed by atoms with Crippen LogP contribution in [0.2, 0.25) is 0 Å². The van der Waals surface area contributed by atoms with Crippen LogP contribution in [0, 0.1) is 12.8 Å². The molecule has 2 N–H and O–H groups in total. The number of carbonyl (C=O) groups excluding carboxylic acids is 1. The number of hydrogen-bond donors (Lipinski definition) is 1. The molecular formula is C12H20N4O2. The highest BCUT2D eigenvalue weighted by Crippen LogP contribution is 2.26. The second kappa shape index (κ2) is 5.48. The Morgan fingerprint density at radius 2 is 2.44 bits per heavy atom. The Hall–Kier alpha value is -1.43. The van der Waals surface area contributed by atoms with Crippen LogP contribution in [0.1, 0.15) is 37.4 Å². The zero-order chi connectivity index (χ0) is 13.1. The summed E-state index contributed by atoms with van der Waals surface area (Å²) in [5.74, 6) is 1.45. The van der Waals surface area contributed by atoms with E-state index in [4.69, 9.17) is 10.3 Å². The number of carbonyl (C=O) groups is 1. The largest absolute Gasteiger partial charge is 0.342 e. The van der Waals surface area contributed by atoms with Crippen LogP contribution in [-0.2, 0) is 4.79 Å². The van der Waals surface area contributed by atoms with E-state index < -0.39 is 0 Å². The van der Waals surface area contributed by atoms with Gasteiger partial charge in [0.1, 0.15) is 0 Å². The summed E-state index contributed by atoms with van der Waals surface area (Å²) in [6, 6.07) is 0. The van der Waals surface area contributed by atoms with Crippen molar-refractivity contribution in [3.8, 4) is 0 Å². The van der Waals surface area contributed by atoms with Gasteiger partial charge in [-0.1, -0.05) is 12.1 Å². The summed E-state index contributed by atoms with van der Waals surface area (Å²) < 4.78 is 5.19. The molecule has 0 bridgehead atoms. The number of aromatic nitrogens is 2. The SMILES string of the molecule is Cc1noc(C2CCCN(C(=O)C(C)CN)C2)n1. The van der Waals surface area contributed by atoms with E-state index in [-0.39, 0.29) is 17.7 Å². The first kappa shape index (κ1) is 13.0. The van der Waals surface area contributed by atoms with Gasteiger partial charge in [0.25, 0.3) is 0 Å². The number of likely N-dealkylation sites (tertiary alicyclic amines) is 1. The van der Waals surface area contributed by atoms with Crippen LogP contribution in [0.3, 0.4) is 0 Å². The molecule has 6 nitrogen and oxygen atoms in total. The molecule has 1 aliphatic rings. The fourth-order valence-electron chi connectivity index (χ4n) is 2.27. The van der Waals surface area contributed by atoms with Crippen molar-refractivity contribution >= 4 is 5.91 Å². The van der Waals surface area contributed by atoms with Crippen molar-refractivity contribution in [3.05, 3.63) is 11.7 Å². The number of rotatable bonds is 3. The molecule has 0 saturated carbocycles. The first-order valence-corrected chi connectivity index (χ1v) is 6.41. The Labute approximate surface area is 107 Å². The highest BCUT2D eigenvalue weighted by Gasteiger charge is 2.29. The summed E-state index contributed by atoms with van der Waals surface area (Å²) in [4.78, 5) is 18.2. The quantitative estimate of drug-likeness (QED) is 0.855. The predicted molar refractivity (Wildman–Crippen MR) is 65.8 cm³/mol. The number of aryl methyl sites for hydroxylation is 1. The second-order valence-corrected chi connectivity index (χ2v) is 4.94. The Morgan fingerprint density at radius 3 is 3.06 bits per heavy atom. The lowest BCUT2D eigenvalue weighted by Gasteiger charge is -2.32. The molecule has 1 fully saturated rings. The maximum atomic E-state index is 12.1. The molecule has 1 aliphatic heterocycles. The number of nitrogens with zero attached hydrogens (tertiary/aromatic N) is 3. The zero-order valence-corrected chi connectivity index (χ0v) is 10.9. The fourth-order valence-corrected chi connectivity index (χ4v) is 2.27. The third kappa shape index (κ3) is 2.69. The maximum absolute atomic E-state index is 12.1. The molecule has 2 atom stereocenters. The molecule has 0 aliphatic carbocycles. The van der Waals surface area contributed by atoms with Gasteiger partial charge in [-0.25, -0.2) is 0 Å². The van der Waals surface area contributed by atoms with Crippen molar-refractivity contribution < 1.29 is 9.32 Å². The van der Waals surface area contributed by atoms with Crippen LogP contribution in [-0.4, -0.2) is 40.6 Å². The van der Waals surface area contributed by atoms with Crippen molar-refractivity contribution in [1.29, 1.82) is 0 Å². The van der Waals surface area contributed by atoms with Gasteiger partial charge in [0, 0.05) is 25.6 Å². The molecular weight excluding hydrogens is 232 g/mol. The number of piperidine rings is 1. The van der Waals surface area contributed by atoms with Crippen molar-refractivity contribution in [2.24, 2.45) is 11.7 Å². The number of amides is 1. The van der Waals surface area contributed by atoms with Gasteiger partial charge >= 0.3 is 0 Å². The van der Waals surface area contributed by atoms with Gasteiger partial charge in [-0.05, 0) is 19.8 Å². The molecule has 2 unspecified atom stereocenters. The van der Waals surface area contributed by atoms with Gasteiger partial charge < -0.3 is 15.2 Å². The Balaban J connectivity index is 2.02. The van der Waals surface area contributed by atoms with E-state index in [9.17, 15) is 4.79 Å². The van der Waals surface area contributed by atoms with E-state index in [1.54, 1.807) is 6.92 Å². The fraction of sp³-hybridized carbons (Fsp3) is 0.750. The number of nitrogens with two attached hydrogens (primary N) is 1. The van der Waals surface area contributed by atoms with Crippen molar-refractivity contribution in [2.45, 2.75) is 32.6 Å². The van der Waals surface area contributed by atoms with Gasteiger partial charge in [-0.2, -0.15) is 4.98 Å². The molecule has 0 radical (unpaired) electrons. The van der Waals surface area contributed by atoms with Gasteiger partial charge in [-0.15, -0.1) is 0 Å². The molecule has 1 aromatic heterocycles. The molecule has 100 valence electrons. The lowest BCUT2D eigenvalue weighted by Crippen LogP contribution is -2.43. The van der Waals surface area contributed by atoms with Gasteiger partial charge in [0.15, 0.2) is 5.82 Å². The van der Waals surface area contributed by atoms with Crippen LogP contribution in [0.5, 0.6) is 0 Å². The molecule has 0 spiro atoms. The summed E-state index contributed by atoms with van der Waals surface area (Å²) in [7, 11) is 0. The van der Waals surface area contributed by atoms with E-state index in [2.05, 4.69) is 10.1 Å². The maximum Gasteiger partial charge on any atom is 0.231 e. The molecule has 1 amide bonds. The minimum absolute atomic E-state index is 0.117. The van der Waals surface area contributed by atoms with E-state index >= 15 is 0 Å². The van der Waals surface area contributed by atoms with Gasteiger partial charge in [-0.3, -0.25) is 4.79 Å². The highest BCUT2D eigenvalue weighted by molar-refractivity contribution is 5.78. The smallest absolute Gasteiger partial charge is 0.231 e. The molecule has 6 heteroatoms. The molecule has 2 heterocycles. The van der Waals surface area contributed by atoms with Crippen molar-refractivity contribution in [3.63, 3.8) is 0 Å². The van der Waals surface area contributed by atoms with E-state index in [0.717, 1.165) is 19.4 Å². The zero-order valence-electron chi connectivity index (χ0n) is 10.9. The van der Waals surface area contributed by atoms with E-state index in [1.165, 1.54) is 0 Å². The normalized spacial score (nSPS) is 21.9. The summed E-state index contributed by atoms with van der Waals surface area (Å²) in [5, 5.41) is 3.80. The average Bonchev–Trinajstić information content (AvgIpc) is 2.84. The molecule has 1 aromatic rings. The molecule has 0 aromatic carbocycles. The minimum Gasteiger partial charge on any atom is -0.342 e. The Morgan fingerprint density at radius 1 is 1.67 bits per heavy atom. The summed E-state index contributed by atoms with van der Waals surface area (Å²) in [5.41, 5.74) is 5.54. The van der Waals surface area contributed by atoms with Crippen LogP contribution in [0.4, 0.5) is 0 Å². The lowest BCUT2D eigenvalue weighted by molar-refractivity contribution is -0.136. The standard InChI is InChI=1S/C12H20N4O2/c1-8(6-13)12(17)16-5-3-4-10(7-16)11-14-9(2)15-18-11/h8,10H,3-7,13H2,1-2H3. The van der Waals surface area contributed by atoms with Crippen molar-refractivity contribution in [1.82, 2.24) is 15.0 Å².